The molecule has 2 aromatic carbocycles. The third-order valence-electron chi connectivity index (χ3n) is 6.49. The molecule has 0 radical (unpaired) electrons. The molecule has 4 N–H and O–H groups in total. The van der Waals surface area contributed by atoms with Crippen LogP contribution in [0, 0.1) is 11.6 Å². The van der Waals surface area contributed by atoms with Crippen LogP contribution in [0.2, 0.25) is 0 Å². The average molecular weight is 522 g/mol. The van der Waals surface area contributed by atoms with Crippen LogP contribution in [-0.4, -0.2) is 51.9 Å². The summed E-state index contributed by atoms with van der Waals surface area (Å²) >= 11 is 0. The van der Waals surface area contributed by atoms with Crippen LogP contribution >= 0.6 is 0 Å². The van der Waals surface area contributed by atoms with E-state index in [4.69, 9.17) is 15.3 Å². The summed E-state index contributed by atoms with van der Waals surface area (Å²) in [6, 6.07) is 8.16. The number of carbonyl (C=O) groups is 1. The Morgan fingerprint density at radius 2 is 1.87 bits per heavy atom. The highest BCUT2D eigenvalue weighted by Gasteiger charge is 2.28. The summed E-state index contributed by atoms with van der Waals surface area (Å²) in [5.41, 5.74) is 8.30. The topological polar surface area (TPSA) is 120 Å². The molecule has 2 aliphatic rings. The zero-order valence-electron chi connectivity index (χ0n) is 20.3. The molecule has 2 fully saturated rings. The largest absolute Gasteiger partial charge is 0.403 e. The number of benzene rings is 2. The first-order valence-corrected chi connectivity index (χ1v) is 12.3. The number of ether oxygens (including phenoxy) is 1. The highest BCUT2D eigenvalue weighted by atomic mass is 19.1. The normalized spacial score (nSPS) is 15.9. The Labute approximate surface area is 216 Å². The second-order valence-electron chi connectivity index (χ2n) is 9.19. The third-order valence-corrected chi connectivity index (χ3v) is 6.49. The SMILES string of the molecule is Nc1ncnc2c1c(-c1ccc(NC(=O)Nc3ccc(ON4CCOCC4)c(F)c3)c(F)c1)cn2C1CC1. The van der Waals surface area contributed by atoms with E-state index in [1.165, 1.54) is 30.6 Å². The Balaban J connectivity index is 1.16. The van der Waals surface area contributed by atoms with Crippen molar-refractivity contribution in [1.82, 2.24) is 19.6 Å². The van der Waals surface area contributed by atoms with Gasteiger partial charge in [0.05, 0.1) is 37.4 Å². The summed E-state index contributed by atoms with van der Waals surface area (Å²) in [5.74, 6) is -0.923. The molecule has 6 rings (SSSR count). The number of hydroxylamine groups is 2. The Hall–Kier alpha value is -4.29. The zero-order chi connectivity index (χ0) is 26.2. The van der Waals surface area contributed by atoms with E-state index < -0.39 is 17.7 Å². The molecule has 0 atom stereocenters. The fraction of sp³-hybridized carbons (Fsp3) is 0.269. The number of urea groups is 1. The van der Waals surface area contributed by atoms with Crippen molar-refractivity contribution in [2.24, 2.45) is 0 Å². The van der Waals surface area contributed by atoms with E-state index in [1.807, 2.05) is 6.20 Å². The van der Waals surface area contributed by atoms with E-state index in [-0.39, 0.29) is 17.1 Å². The molecule has 196 valence electrons. The number of hydrogen-bond acceptors (Lipinski definition) is 7. The van der Waals surface area contributed by atoms with Gasteiger partial charge >= 0.3 is 6.03 Å². The van der Waals surface area contributed by atoms with Crippen LogP contribution in [0.1, 0.15) is 18.9 Å². The van der Waals surface area contributed by atoms with Crippen LogP contribution in [-0.2, 0) is 4.74 Å². The molecule has 2 aromatic heterocycles. The molecule has 1 saturated carbocycles. The second-order valence-corrected chi connectivity index (χ2v) is 9.19. The van der Waals surface area contributed by atoms with Gasteiger partial charge in [-0.2, -0.15) is 0 Å². The fourth-order valence-corrected chi connectivity index (χ4v) is 4.46. The fourth-order valence-electron chi connectivity index (χ4n) is 4.46. The number of nitrogens with one attached hydrogen (secondary N) is 2. The summed E-state index contributed by atoms with van der Waals surface area (Å²) < 4.78 is 36.9. The quantitative estimate of drug-likeness (QED) is 0.340. The van der Waals surface area contributed by atoms with Crippen molar-refractivity contribution in [3.63, 3.8) is 0 Å². The van der Waals surface area contributed by atoms with Gasteiger partial charge in [-0.25, -0.2) is 23.5 Å². The van der Waals surface area contributed by atoms with Gasteiger partial charge in [0.25, 0.3) is 0 Å². The Morgan fingerprint density at radius 1 is 1.05 bits per heavy atom. The minimum Gasteiger partial charge on any atom is -0.403 e. The van der Waals surface area contributed by atoms with Gasteiger partial charge in [0, 0.05) is 29.6 Å². The van der Waals surface area contributed by atoms with Gasteiger partial charge in [0.15, 0.2) is 11.6 Å². The summed E-state index contributed by atoms with van der Waals surface area (Å²) in [6.45, 7) is 2.06. The number of nitrogens with two attached hydrogens (primary N) is 1. The van der Waals surface area contributed by atoms with Gasteiger partial charge < -0.3 is 30.5 Å². The molecule has 0 unspecified atom stereocenters. The maximum atomic E-state index is 15.1. The van der Waals surface area contributed by atoms with E-state index in [9.17, 15) is 9.18 Å². The predicted octanol–water partition coefficient (Wildman–Crippen LogP) is 4.56. The molecule has 1 aliphatic heterocycles. The highest BCUT2D eigenvalue weighted by Crippen LogP contribution is 2.42. The number of aromatic nitrogens is 3. The number of fused-ring (bicyclic) bond motifs is 1. The molecule has 10 nitrogen and oxygen atoms in total. The van der Waals surface area contributed by atoms with Gasteiger partial charge in [-0.1, -0.05) is 6.07 Å². The number of nitrogens with zero attached hydrogens (tertiary/aromatic N) is 4. The molecule has 4 aromatic rings. The molecule has 0 spiro atoms. The summed E-state index contributed by atoms with van der Waals surface area (Å²) in [6.07, 6.45) is 5.44. The number of carbonyl (C=O) groups excluding carboxylic acids is 1. The van der Waals surface area contributed by atoms with E-state index in [1.54, 1.807) is 11.1 Å². The maximum Gasteiger partial charge on any atom is 0.323 e. The summed E-state index contributed by atoms with van der Waals surface area (Å²) in [7, 11) is 0. The van der Waals surface area contributed by atoms with Crippen molar-refractivity contribution < 1.29 is 23.1 Å². The monoisotopic (exact) mass is 521 g/mol. The first kappa shape index (κ1) is 24.1. The second kappa shape index (κ2) is 9.88. The number of anilines is 3. The molecule has 0 bridgehead atoms. The number of amides is 2. The summed E-state index contributed by atoms with van der Waals surface area (Å²) in [4.78, 5) is 26.5. The predicted molar refractivity (Wildman–Crippen MR) is 138 cm³/mol. The zero-order valence-corrected chi connectivity index (χ0v) is 20.3. The van der Waals surface area contributed by atoms with Crippen molar-refractivity contribution in [3.05, 3.63) is 60.6 Å². The third kappa shape index (κ3) is 4.83. The van der Waals surface area contributed by atoms with E-state index >= 15 is 4.39 Å². The standard InChI is InChI=1S/C26H25F2N7O3/c27-19-11-15(18-13-35(17-3-4-17)25-23(18)24(29)30-14-31-25)1-5-21(19)33-26(36)32-16-2-6-22(20(28)12-16)38-34-7-9-37-10-8-34/h1-2,5-6,11-14,17H,3-4,7-10H2,(H2,29,30,31)(H2,32,33,36). The first-order valence-electron chi connectivity index (χ1n) is 12.3. The van der Waals surface area contributed by atoms with Crippen molar-refractivity contribution in [3.8, 4) is 16.9 Å². The van der Waals surface area contributed by atoms with Gasteiger partial charge in [-0.15, -0.1) is 5.06 Å². The van der Waals surface area contributed by atoms with Gasteiger partial charge in [0.1, 0.15) is 23.6 Å². The van der Waals surface area contributed by atoms with E-state index in [0.717, 1.165) is 24.5 Å². The minimum absolute atomic E-state index is 0.0332. The van der Waals surface area contributed by atoms with Crippen LogP contribution in [0.5, 0.6) is 5.75 Å². The van der Waals surface area contributed by atoms with Crippen LogP contribution < -0.4 is 21.2 Å². The lowest BCUT2D eigenvalue weighted by atomic mass is 10.1. The van der Waals surface area contributed by atoms with Gasteiger partial charge in [-0.3, -0.25) is 0 Å². The molecular formula is C26H25F2N7O3. The van der Waals surface area contributed by atoms with Crippen molar-refractivity contribution in [2.45, 2.75) is 18.9 Å². The van der Waals surface area contributed by atoms with Crippen LogP contribution in [0.25, 0.3) is 22.2 Å². The number of morpholine rings is 1. The molecule has 3 heterocycles. The Bertz CT molecular complexity index is 1520. The van der Waals surface area contributed by atoms with E-state index in [0.29, 0.717) is 54.8 Å². The van der Waals surface area contributed by atoms with Crippen LogP contribution in [0.3, 0.4) is 0 Å². The highest BCUT2D eigenvalue weighted by molar-refractivity contribution is 6.02. The van der Waals surface area contributed by atoms with Crippen molar-refractivity contribution >= 4 is 34.3 Å². The molecule has 1 aliphatic carbocycles. The molecule has 38 heavy (non-hydrogen) atoms. The maximum absolute atomic E-state index is 15.1. The van der Waals surface area contributed by atoms with Crippen LogP contribution in [0.15, 0.2) is 48.9 Å². The lowest BCUT2D eigenvalue weighted by molar-refractivity contribution is -0.120. The lowest BCUT2D eigenvalue weighted by Crippen LogP contribution is -2.38. The Kier molecular flexibility index (Phi) is 6.26. The Morgan fingerprint density at radius 3 is 2.61 bits per heavy atom. The molecule has 12 heteroatoms. The number of halogens is 2. The van der Waals surface area contributed by atoms with E-state index in [2.05, 4.69) is 25.2 Å². The molecule has 1 saturated heterocycles. The molecular weight excluding hydrogens is 496 g/mol. The number of hydrogen-bond donors (Lipinski definition) is 3. The van der Waals surface area contributed by atoms with Crippen molar-refractivity contribution in [1.29, 1.82) is 0 Å². The van der Waals surface area contributed by atoms with Crippen molar-refractivity contribution in [2.75, 3.05) is 42.7 Å². The smallest absolute Gasteiger partial charge is 0.323 e. The van der Waals surface area contributed by atoms with Gasteiger partial charge in [-0.05, 0) is 42.7 Å². The summed E-state index contributed by atoms with van der Waals surface area (Å²) in [5, 5.41) is 7.25. The first-order chi connectivity index (χ1) is 18.5. The molecule has 2 amide bonds. The number of nitrogen functional groups attached to an aromatic ring is 1. The minimum atomic E-state index is -0.721. The lowest BCUT2D eigenvalue weighted by Gasteiger charge is -2.26. The average Bonchev–Trinajstić information content (AvgIpc) is 3.67. The van der Waals surface area contributed by atoms with Gasteiger partial charge in [0.2, 0.25) is 0 Å². The van der Waals surface area contributed by atoms with Crippen LogP contribution in [0.4, 0.5) is 30.8 Å². The number of rotatable bonds is 6.